The van der Waals surface area contributed by atoms with Crippen LogP contribution in [0.4, 0.5) is 0 Å². The van der Waals surface area contributed by atoms with Crippen LogP contribution in [0.2, 0.25) is 0 Å². The molecule has 5 heteroatoms. The molecule has 1 unspecified atom stereocenters. The molecule has 1 aliphatic rings. The highest BCUT2D eigenvalue weighted by atomic mass is 16.4. The molecular formula is C8H10O5. The van der Waals surface area contributed by atoms with Crippen molar-refractivity contribution in [2.75, 3.05) is 0 Å². The fourth-order valence-corrected chi connectivity index (χ4v) is 1.70. The van der Waals surface area contributed by atoms with Gasteiger partial charge in [-0.25, -0.2) is 0 Å². The molecule has 0 amide bonds. The van der Waals surface area contributed by atoms with Crippen LogP contribution in [0.15, 0.2) is 0 Å². The third-order valence-electron chi connectivity index (χ3n) is 2.75. The Morgan fingerprint density at radius 1 is 1.38 bits per heavy atom. The number of carboxylic acids is 2. The zero-order chi connectivity index (χ0) is 10.2. The normalized spacial score (nSPS) is 25.9. The first-order valence-corrected chi connectivity index (χ1v) is 3.92. The number of hydrogen-bond acceptors (Lipinski definition) is 3. The number of aliphatic carboxylic acids is 2. The van der Waals surface area contributed by atoms with Gasteiger partial charge in [0.1, 0.15) is 5.78 Å². The standard InChI is InChI=1S/C8H10O5/c1-4-5(9)2-3-8(4,6(10)11)7(12)13/h4H,2-3H2,1H3,(H,10,11)(H,12,13). The van der Waals surface area contributed by atoms with Gasteiger partial charge in [0.25, 0.3) is 0 Å². The molecular weight excluding hydrogens is 176 g/mol. The van der Waals surface area contributed by atoms with E-state index in [4.69, 9.17) is 10.2 Å². The van der Waals surface area contributed by atoms with Crippen molar-refractivity contribution in [2.45, 2.75) is 19.8 Å². The lowest BCUT2D eigenvalue weighted by Crippen LogP contribution is -2.42. The minimum atomic E-state index is -1.89. The van der Waals surface area contributed by atoms with Crippen molar-refractivity contribution < 1.29 is 24.6 Å². The highest BCUT2D eigenvalue weighted by molar-refractivity contribution is 6.06. The Balaban J connectivity index is 3.14. The molecule has 72 valence electrons. The van der Waals surface area contributed by atoms with E-state index < -0.39 is 23.3 Å². The summed E-state index contributed by atoms with van der Waals surface area (Å²) in [5, 5.41) is 17.6. The summed E-state index contributed by atoms with van der Waals surface area (Å²) in [5.41, 5.74) is -1.89. The lowest BCUT2D eigenvalue weighted by Gasteiger charge is -2.22. The first kappa shape index (κ1) is 9.70. The highest BCUT2D eigenvalue weighted by Gasteiger charge is 2.57. The molecule has 0 spiro atoms. The summed E-state index contributed by atoms with van der Waals surface area (Å²) in [6.45, 7) is 1.36. The van der Waals surface area contributed by atoms with Crippen LogP contribution in [0.3, 0.4) is 0 Å². The molecule has 1 atom stereocenters. The number of Topliss-reactive ketones (excluding diaryl/α,β-unsaturated/α-hetero) is 1. The average Bonchev–Trinajstić information content (AvgIpc) is 2.30. The van der Waals surface area contributed by atoms with Gasteiger partial charge < -0.3 is 10.2 Å². The monoisotopic (exact) mass is 186 g/mol. The molecule has 0 radical (unpaired) electrons. The molecule has 0 saturated heterocycles. The van der Waals surface area contributed by atoms with Gasteiger partial charge in [-0.1, -0.05) is 6.92 Å². The van der Waals surface area contributed by atoms with Crippen LogP contribution in [-0.4, -0.2) is 27.9 Å². The first-order valence-electron chi connectivity index (χ1n) is 3.92. The summed E-state index contributed by atoms with van der Waals surface area (Å²) in [4.78, 5) is 32.6. The quantitative estimate of drug-likeness (QED) is 0.598. The molecule has 0 aromatic heterocycles. The fourth-order valence-electron chi connectivity index (χ4n) is 1.70. The maximum Gasteiger partial charge on any atom is 0.321 e. The van der Waals surface area contributed by atoms with Gasteiger partial charge in [-0.2, -0.15) is 0 Å². The third-order valence-corrected chi connectivity index (χ3v) is 2.75. The van der Waals surface area contributed by atoms with Gasteiger partial charge >= 0.3 is 11.9 Å². The van der Waals surface area contributed by atoms with E-state index in [1.165, 1.54) is 6.92 Å². The largest absolute Gasteiger partial charge is 0.480 e. The minimum Gasteiger partial charge on any atom is -0.480 e. The Morgan fingerprint density at radius 3 is 2.00 bits per heavy atom. The molecule has 0 aliphatic heterocycles. The zero-order valence-corrected chi connectivity index (χ0v) is 7.11. The minimum absolute atomic E-state index is 0.0414. The average molecular weight is 186 g/mol. The van der Waals surface area contributed by atoms with E-state index in [-0.39, 0.29) is 18.6 Å². The smallest absolute Gasteiger partial charge is 0.321 e. The van der Waals surface area contributed by atoms with E-state index in [2.05, 4.69) is 0 Å². The molecule has 5 nitrogen and oxygen atoms in total. The van der Waals surface area contributed by atoms with Crippen molar-refractivity contribution in [1.82, 2.24) is 0 Å². The summed E-state index contributed by atoms with van der Waals surface area (Å²) in [6.07, 6.45) is -0.0581. The number of carboxylic acid groups (broad SMARTS) is 2. The second-order valence-electron chi connectivity index (χ2n) is 3.27. The van der Waals surface area contributed by atoms with Crippen molar-refractivity contribution in [3.05, 3.63) is 0 Å². The van der Waals surface area contributed by atoms with Crippen LogP contribution in [-0.2, 0) is 14.4 Å². The molecule has 2 N–H and O–H groups in total. The van der Waals surface area contributed by atoms with Gasteiger partial charge in [-0.05, 0) is 6.42 Å². The lowest BCUT2D eigenvalue weighted by molar-refractivity contribution is -0.168. The molecule has 1 saturated carbocycles. The molecule has 1 rings (SSSR count). The van der Waals surface area contributed by atoms with Gasteiger partial charge in [0, 0.05) is 12.3 Å². The van der Waals surface area contributed by atoms with Crippen LogP contribution < -0.4 is 0 Å². The van der Waals surface area contributed by atoms with E-state index in [9.17, 15) is 14.4 Å². The van der Waals surface area contributed by atoms with Crippen LogP contribution in [0, 0.1) is 11.3 Å². The zero-order valence-electron chi connectivity index (χ0n) is 7.11. The second-order valence-corrected chi connectivity index (χ2v) is 3.27. The lowest BCUT2D eigenvalue weighted by atomic mass is 9.79. The topological polar surface area (TPSA) is 91.7 Å². The maximum absolute atomic E-state index is 11.1. The van der Waals surface area contributed by atoms with Gasteiger partial charge in [-0.3, -0.25) is 14.4 Å². The number of rotatable bonds is 2. The van der Waals surface area contributed by atoms with Crippen molar-refractivity contribution in [3.8, 4) is 0 Å². The van der Waals surface area contributed by atoms with Crippen molar-refractivity contribution in [3.63, 3.8) is 0 Å². The van der Waals surface area contributed by atoms with Crippen LogP contribution >= 0.6 is 0 Å². The number of carbonyl (C=O) groups excluding carboxylic acids is 1. The predicted molar refractivity (Wildman–Crippen MR) is 41.1 cm³/mol. The van der Waals surface area contributed by atoms with E-state index in [1.54, 1.807) is 0 Å². The predicted octanol–water partition coefficient (Wildman–Crippen LogP) is 0.141. The number of carbonyl (C=O) groups is 3. The Bertz CT molecular complexity index is 266. The van der Waals surface area contributed by atoms with Crippen molar-refractivity contribution >= 4 is 17.7 Å². The molecule has 1 fully saturated rings. The number of hydrogen-bond donors (Lipinski definition) is 2. The van der Waals surface area contributed by atoms with Crippen LogP contribution in [0.1, 0.15) is 19.8 Å². The Labute approximate surface area is 74.4 Å². The third kappa shape index (κ3) is 1.11. The Hall–Kier alpha value is -1.39. The van der Waals surface area contributed by atoms with E-state index in [0.717, 1.165) is 0 Å². The summed E-state index contributed by atoms with van der Waals surface area (Å²) < 4.78 is 0. The van der Waals surface area contributed by atoms with Gasteiger partial charge in [0.05, 0.1) is 0 Å². The van der Waals surface area contributed by atoms with Gasteiger partial charge in [0.15, 0.2) is 5.41 Å². The molecule has 0 aromatic carbocycles. The summed E-state index contributed by atoms with van der Waals surface area (Å²) in [7, 11) is 0. The molecule has 13 heavy (non-hydrogen) atoms. The SMILES string of the molecule is CC1C(=O)CCC1(C(=O)O)C(=O)O. The molecule has 0 bridgehead atoms. The summed E-state index contributed by atoms with van der Waals surface area (Å²) in [5.74, 6) is -4.05. The maximum atomic E-state index is 11.1. The number of ketones is 1. The molecule has 1 aliphatic carbocycles. The second kappa shape index (κ2) is 2.83. The van der Waals surface area contributed by atoms with Crippen LogP contribution in [0.5, 0.6) is 0 Å². The van der Waals surface area contributed by atoms with Crippen molar-refractivity contribution in [2.24, 2.45) is 11.3 Å². The fraction of sp³-hybridized carbons (Fsp3) is 0.625. The van der Waals surface area contributed by atoms with Crippen LogP contribution in [0.25, 0.3) is 0 Å². The van der Waals surface area contributed by atoms with E-state index in [1.807, 2.05) is 0 Å². The molecule has 0 aromatic rings. The highest BCUT2D eigenvalue weighted by Crippen LogP contribution is 2.41. The Morgan fingerprint density at radius 2 is 1.85 bits per heavy atom. The van der Waals surface area contributed by atoms with Crippen molar-refractivity contribution in [1.29, 1.82) is 0 Å². The summed E-state index contributed by atoms with van der Waals surface area (Å²) >= 11 is 0. The van der Waals surface area contributed by atoms with E-state index in [0.29, 0.717) is 0 Å². The van der Waals surface area contributed by atoms with Gasteiger partial charge in [-0.15, -0.1) is 0 Å². The van der Waals surface area contributed by atoms with E-state index >= 15 is 0 Å². The molecule has 0 heterocycles. The summed E-state index contributed by atoms with van der Waals surface area (Å²) in [6, 6.07) is 0. The first-order chi connectivity index (χ1) is 5.93. The Kier molecular flexibility index (Phi) is 2.11. The van der Waals surface area contributed by atoms with Gasteiger partial charge in [0.2, 0.25) is 0 Å².